The van der Waals surface area contributed by atoms with Crippen molar-refractivity contribution < 1.29 is 23.5 Å². The Kier molecular flexibility index (Phi) is 5.25. The quantitative estimate of drug-likeness (QED) is 0.552. The second-order valence-corrected chi connectivity index (χ2v) is 9.91. The molecule has 184 valence electrons. The molecule has 6 nitrogen and oxygen atoms in total. The van der Waals surface area contributed by atoms with Gasteiger partial charge in [-0.05, 0) is 42.3 Å². The van der Waals surface area contributed by atoms with Crippen LogP contribution < -0.4 is 9.47 Å². The van der Waals surface area contributed by atoms with Crippen molar-refractivity contribution in [2.24, 2.45) is 5.92 Å². The van der Waals surface area contributed by atoms with Gasteiger partial charge in [0.2, 0.25) is 11.8 Å². The summed E-state index contributed by atoms with van der Waals surface area (Å²) in [6, 6.07) is 21.3. The average molecular weight is 487 g/mol. The summed E-state index contributed by atoms with van der Waals surface area (Å²) in [5, 5.41) is 0. The molecule has 3 aliphatic rings. The Morgan fingerprint density at radius 3 is 2.53 bits per heavy atom. The van der Waals surface area contributed by atoms with Gasteiger partial charge in [-0.3, -0.25) is 9.59 Å². The molecule has 4 atom stereocenters. The predicted octanol–water partition coefficient (Wildman–Crippen LogP) is 4.31. The number of amides is 2. The fraction of sp³-hybridized carbons (Fsp3) is 0.310. The van der Waals surface area contributed by atoms with Gasteiger partial charge in [-0.2, -0.15) is 0 Å². The molecule has 0 spiro atoms. The molecule has 2 fully saturated rings. The minimum absolute atomic E-state index is 0.0249. The van der Waals surface area contributed by atoms with E-state index in [9.17, 15) is 14.0 Å². The maximum Gasteiger partial charge on any atom is 0.249 e. The number of fused-ring (bicyclic) bond motifs is 5. The second-order valence-electron chi connectivity index (χ2n) is 9.91. The number of piperazine rings is 1. The minimum Gasteiger partial charge on any atom is -0.497 e. The van der Waals surface area contributed by atoms with Crippen LogP contribution in [0.1, 0.15) is 35.6 Å². The summed E-state index contributed by atoms with van der Waals surface area (Å²) in [6.07, 6.45) is 0. The van der Waals surface area contributed by atoms with E-state index >= 15 is 0 Å². The molecule has 3 aromatic rings. The molecular weight excluding hydrogens is 459 g/mol. The topological polar surface area (TPSA) is 59.1 Å². The van der Waals surface area contributed by atoms with Gasteiger partial charge in [0.25, 0.3) is 0 Å². The average Bonchev–Trinajstić information content (AvgIpc) is 3.18. The largest absolute Gasteiger partial charge is 0.497 e. The SMILES string of the molecule is COc1ccc2c(c1)OC[C@H]1[C@H]2N2C(=O)CN(Cc3ccc(F)cc3)C(=O)[C@@]2(C)[C@H]1c1ccccc1. The standard InChI is InChI=1S/C29H27FN2O4/c1-29-26(19-6-4-3-5-7-19)23-17-36-24-14-21(35-2)12-13-22(24)27(23)32(29)25(33)16-31(28(29)34)15-18-8-10-20(30)11-9-18/h3-14,23,26-27H,15-17H2,1-2H3/t23-,26+,27+,29-/m1/s1. The van der Waals surface area contributed by atoms with E-state index in [0.29, 0.717) is 18.1 Å². The van der Waals surface area contributed by atoms with Crippen molar-refractivity contribution in [2.45, 2.75) is 31.0 Å². The zero-order chi connectivity index (χ0) is 25.0. The highest BCUT2D eigenvalue weighted by Gasteiger charge is 2.66. The first-order chi connectivity index (χ1) is 17.4. The van der Waals surface area contributed by atoms with E-state index < -0.39 is 5.54 Å². The summed E-state index contributed by atoms with van der Waals surface area (Å²) in [5.74, 6) is 0.460. The molecule has 2 saturated heterocycles. The molecule has 3 aromatic carbocycles. The number of methoxy groups -OCH3 is 1. The van der Waals surface area contributed by atoms with Crippen molar-refractivity contribution in [3.05, 3.63) is 95.3 Å². The van der Waals surface area contributed by atoms with E-state index in [1.807, 2.05) is 60.4 Å². The van der Waals surface area contributed by atoms with Crippen LogP contribution in [-0.2, 0) is 16.1 Å². The number of hydrogen-bond donors (Lipinski definition) is 0. The maximum atomic E-state index is 14.3. The molecule has 0 aliphatic carbocycles. The lowest BCUT2D eigenvalue weighted by molar-refractivity contribution is -0.164. The van der Waals surface area contributed by atoms with Crippen LogP contribution in [0.5, 0.6) is 11.5 Å². The number of halogens is 1. The van der Waals surface area contributed by atoms with Crippen molar-refractivity contribution in [1.29, 1.82) is 0 Å². The lowest BCUT2D eigenvalue weighted by atomic mass is 9.73. The number of ether oxygens (including phenoxy) is 2. The van der Waals surface area contributed by atoms with Crippen LogP contribution in [0.15, 0.2) is 72.8 Å². The van der Waals surface area contributed by atoms with E-state index in [0.717, 1.165) is 16.7 Å². The highest BCUT2D eigenvalue weighted by Crippen LogP contribution is 2.60. The Bertz CT molecular complexity index is 1330. The van der Waals surface area contributed by atoms with Crippen LogP contribution in [0.25, 0.3) is 0 Å². The summed E-state index contributed by atoms with van der Waals surface area (Å²) < 4.78 is 25.0. The van der Waals surface area contributed by atoms with Gasteiger partial charge >= 0.3 is 0 Å². The van der Waals surface area contributed by atoms with Crippen LogP contribution in [0.4, 0.5) is 4.39 Å². The molecule has 0 saturated carbocycles. The second kappa shape index (κ2) is 8.36. The van der Waals surface area contributed by atoms with Gasteiger partial charge in [0.05, 0.1) is 19.8 Å². The van der Waals surface area contributed by atoms with Gasteiger partial charge in [0, 0.05) is 30.0 Å². The molecule has 3 aliphatic heterocycles. The van der Waals surface area contributed by atoms with Crippen LogP contribution in [0.2, 0.25) is 0 Å². The molecule has 0 bridgehead atoms. The first-order valence-corrected chi connectivity index (χ1v) is 12.1. The van der Waals surface area contributed by atoms with Gasteiger partial charge in [-0.15, -0.1) is 0 Å². The van der Waals surface area contributed by atoms with E-state index in [2.05, 4.69) is 0 Å². The first-order valence-electron chi connectivity index (χ1n) is 12.1. The molecule has 2 amide bonds. The lowest BCUT2D eigenvalue weighted by Gasteiger charge is -2.47. The minimum atomic E-state index is -1.10. The van der Waals surface area contributed by atoms with Crippen molar-refractivity contribution in [2.75, 3.05) is 20.3 Å². The highest BCUT2D eigenvalue weighted by molar-refractivity contribution is 6.00. The zero-order valence-electron chi connectivity index (χ0n) is 20.2. The summed E-state index contributed by atoms with van der Waals surface area (Å²) in [7, 11) is 1.61. The van der Waals surface area contributed by atoms with Crippen LogP contribution in [0, 0.1) is 11.7 Å². The number of hydrogen-bond acceptors (Lipinski definition) is 4. The Morgan fingerprint density at radius 2 is 1.81 bits per heavy atom. The molecule has 0 N–H and O–H groups in total. The van der Waals surface area contributed by atoms with Crippen LogP contribution in [-0.4, -0.2) is 47.4 Å². The maximum absolute atomic E-state index is 14.3. The first kappa shape index (κ1) is 22.6. The van der Waals surface area contributed by atoms with E-state index in [4.69, 9.17) is 9.47 Å². The molecule has 0 unspecified atom stereocenters. The van der Waals surface area contributed by atoms with Crippen LogP contribution in [0.3, 0.4) is 0 Å². The van der Waals surface area contributed by atoms with Crippen molar-refractivity contribution >= 4 is 11.8 Å². The molecular formula is C29H27FN2O4. The number of rotatable bonds is 4. The van der Waals surface area contributed by atoms with Gasteiger partial charge in [0.15, 0.2) is 0 Å². The molecule has 7 heteroatoms. The summed E-state index contributed by atoms with van der Waals surface area (Å²) >= 11 is 0. The molecule has 0 aromatic heterocycles. The third kappa shape index (κ3) is 3.29. The van der Waals surface area contributed by atoms with Gasteiger partial charge in [0.1, 0.15) is 29.4 Å². The predicted molar refractivity (Wildman–Crippen MR) is 131 cm³/mol. The number of benzene rings is 3. The van der Waals surface area contributed by atoms with E-state index in [1.54, 1.807) is 24.1 Å². The van der Waals surface area contributed by atoms with Gasteiger partial charge < -0.3 is 19.3 Å². The third-order valence-corrected chi connectivity index (χ3v) is 7.95. The Balaban J connectivity index is 1.46. The third-order valence-electron chi connectivity index (χ3n) is 7.95. The smallest absolute Gasteiger partial charge is 0.249 e. The fourth-order valence-corrected chi connectivity index (χ4v) is 6.44. The van der Waals surface area contributed by atoms with Crippen LogP contribution >= 0.6 is 0 Å². The van der Waals surface area contributed by atoms with Crippen molar-refractivity contribution in [3.63, 3.8) is 0 Å². The molecule has 0 radical (unpaired) electrons. The zero-order valence-corrected chi connectivity index (χ0v) is 20.2. The van der Waals surface area contributed by atoms with Gasteiger partial charge in [-0.1, -0.05) is 42.5 Å². The van der Waals surface area contributed by atoms with E-state index in [1.165, 1.54) is 12.1 Å². The van der Waals surface area contributed by atoms with Gasteiger partial charge in [-0.25, -0.2) is 4.39 Å². The van der Waals surface area contributed by atoms with E-state index in [-0.39, 0.29) is 48.6 Å². The Morgan fingerprint density at radius 1 is 1.06 bits per heavy atom. The summed E-state index contributed by atoms with van der Waals surface area (Å²) in [6.45, 7) is 2.50. The number of carbonyl (C=O) groups excluding carboxylic acids is 2. The fourth-order valence-electron chi connectivity index (χ4n) is 6.44. The number of carbonyl (C=O) groups is 2. The Labute approximate surface area is 209 Å². The molecule has 36 heavy (non-hydrogen) atoms. The molecule has 6 rings (SSSR count). The van der Waals surface area contributed by atoms with Crippen molar-refractivity contribution in [1.82, 2.24) is 9.80 Å². The highest BCUT2D eigenvalue weighted by atomic mass is 19.1. The number of nitrogens with zero attached hydrogens (tertiary/aromatic N) is 2. The van der Waals surface area contributed by atoms with Crippen molar-refractivity contribution in [3.8, 4) is 11.5 Å². The summed E-state index contributed by atoms with van der Waals surface area (Å²) in [4.78, 5) is 31.6. The Hall–Kier alpha value is -3.87. The summed E-state index contributed by atoms with van der Waals surface area (Å²) in [5.41, 5.74) is 1.58. The monoisotopic (exact) mass is 486 g/mol. The molecule has 3 heterocycles. The lowest BCUT2D eigenvalue weighted by Crippen LogP contribution is -2.65. The normalized spacial score (nSPS) is 26.7.